The van der Waals surface area contributed by atoms with E-state index in [9.17, 15) is 5.11 Å². The second kappa shape index (κ2) is 7.34. The molecule has 134 valence electrons. The summed E-state index contributed by atoms with van der Waals surface area (Å²) < 4.78 is 1.12. The summed E-state index contributed by atoms with van der Waals surface area (Å²) in [5.41, 5.74) is 0. The SMILES string of the molecule is CCC1(S)C(C)C(I)C1C1CCC(C(C)C2CCC(CO)C2)C1. The summed E-state index contributed by atoms with van der Waals surface area (Å²) in [5, 5.41) is 9.41. The van der Waals surface area contributed by atoms with Crippen LogP contribution in [0.15, 0.2) is 0 Å². The van der Waals surface area contributed by atoms with Gasteiger partial charge in [-0.25, -0.2) is 0 Å². The smallest absolute Gasteiger partial charge is 0.0459 e. The van der Waals surface area contributed by atoms with Crippen LogP contribution in [0.1, 0.15) is 65.7 Å². The van der Waals surface area contributed by atoms with E-state index in [1.54, 1.807) is 0 Å². The number of halogens is 1. The molecule has 1 nitrogen and oxygen atoms in total. The Bertz CT molecular complexity index is 416. The summed E-state index contributed by atoms with van der Waals surface area (Å²) >= 11 is 7.87. The molecule has 3 saturated carbocycles. The molecule has 0 bridgehead atoms. The lowest BCUT2D eigenvalue weighted by Crippen LogP contribution is -2.60. The van der Waals surface area contributed by atoms with E-state index in [0.29, 0.717) is 17.3 Å². The highest BCUT2D eigenvalue weighted by Gasteiger charge is 2.59. The number of alkyl halides is 1. The maximum Gasteiger partial charge on any atom is 0.0459 e. The summed E-state index contributed by atoms with van der Waals surface area (Å²) in [5.74, 6) is 5.76. The Balaban J connectivity index is 1.58. The van der Waals surface area contributed by atoms with Crippen LogP contribution in [-0.4, -0.2) is 20.4 Å². The number of rotatable bonds is 5. The van der Waals surface area contributed by atoms with Crippen molar-refractivity contribution in [3.8, 4) is 0 Å². The molecule has 0 heterocycles. The molecule has 0 amide bonds. The average Bonchev–Trinajstić information content (AvgIpc) is 3.22. The van der Waals surface area contributed by atoms with Gasteiger partial charge in [0.2, 0.25) is 0 Å². The van der Waals surface area contributed by atoms with Crippen LogP contribution in [-0.2, 0) is 0 Å². The number of aliphatic hydroxyl groups is 1. The third kappa shape index (κ3) is 3.25. The number of hydrogen-bond acceptors (Lipinski definition) is 2. The third-order valence-electron chi connectivity index (χ3n) is 8.10. The van der Waals surface area contributed by atoms with Crippen molar-refractivity contribution in [2.45, 2.75) is 74.4 Å². The van der Waals surface area contributed by atoms with E-state index in [1.807, 2.05) is 0 Å². The predicted octanol–water partition coefficient (Wildman–Crippen LogP) is 5.60. The second-order valence-corrected chi connectivity index (χ2v) is 11.2. The zero-order valence-electron chi connectivity index (χ0n) is 15.0. The standard InChI is InChI=1S/C20H35IOS/c1-4-20(23)13(3)19(21)18(20)17-8-7-16(10-17)12(2)15-6-5-14(9-15)11-22/h12-19,22-23H,4-11H2,1-3H3. The lowest BCUT2D eigenvalue weighted by molar-refractivity contribution is 0.0828. The molecule has 0 spiro atoms. The van der Waals surface area contributed by atoms with Crippen LogP contribution in [0.3, 0.4) is 0 Å². The monoisotopic (exact) mass is 450 g/mol. The van der Waals surface area contributed by atoms with Crippen LogP contribution in [0.2, 0.25) is 0 Å². The van der Waals surface area contributed by atoms with Crippen molar-refractivity contribution in [2.24, 2.45) is 41.4 Å². The lowest BCUT2D eigenvalue weighted by Gasteiger charge is -2.58. The summed E-state index contributed by atoms with van der Waals surface area (Å²) in [7, 11) is 0. The zero-order chi connectivity index (χ0) is 16.8. The lowest BCUT2D eigenvalue weighted by atomic mass is 9.58. The minimum Gasteiger partial charge on any atom is -0.396 e. The topological polar surface area (TPSA) is 20.2 Å². The van der Waals surface area contributed by atoms with E-state index in [-0.39, 0.29) is 0 Å². The van der Waals surface area contributed by atoms with Crippen LogP contribution in [0.5, 0.6) is 0 Å². The third-order valence-corrected chi connectivity index (χ3v) is 11.0. The first-order chi connectivity index (χ1) is 10.9. The van der Waals surface area contributed by atoms with Gasteiger partial charge < -0.3 is 5.11 Å². The maximum atomic E-state index is 9.41. The van der Waals surface area contributed by atoms with Crippen molar-refractivity contribution in [3.05, 3.63) is 0 Å². The Labute approximate surface area is 162 Å². The van der Waals surface area contributed by atoms with E-state index in [1.165, 1.54) is 44.9 Å². The van der Waals surface area contributed by atoms with Gasteiger partial charge in [-0.2, -0.15) is 12.6 Å². The minimum absolute atomic E-state index is 0.296. The summed E-state index contributed by atoms with van der Waals surface area (Å²) in [6, 6.07) is 0. The molecule has 1 N–H and O–H groups in total. The van der Waals surface area contributed by atoms with Gasteiger partial charge in [-0.3, -0.25) is 0 Å². The van der Waals surface area contributed by atoms with Crippen molar-refractivity contribution in [1.29, 1.82) is 0 Å². The number of thiol groups is 1. The van der Waals surface area contributed by atoms with Crippen molar-refractivity contribution < 1.29 is 5.11 Å². The fourth-order valence-corrected chi connectivity index (χ4v) is 9.24. The molecule has 3 rings (SSSR count). The molecular formula is C20H35IOS. The van der Waals surface area contributed by atoms with Gasteiger partial charge >= 0.3 is 0 Å². The van der Waals surface area contributed by atoms with Gasteiger partial charge in [0.15, 0.2) is 0 Å². The molecule has 0 aromatic rings. The number of aliphatic hydroxyl groups excluding tert-OH is 1. The van der Waals surface area contributed by atoms with Gasteiger partial charge in [0.25, 0.3) is 0 Å². The van der Waals surface area contributed by atoms with Gasteiger partial charge in [-0.05, 0) is 86.4 Å². The van der Waals surface area contributed by atoms with Gasteiger partial charge in [0.05, 0.1) is 0 Å². The molecule has 3 aliphatic carbocycles. The Morgan fingerprint density at radius 1 is 1.17 bits per heavy atom. The number of hydrogen-bond donors (Lipinski definition) is 2. The fraction of sp³-hybridized carbons (Fsp3) is 1.00. The van der Waals surface area contributed by atoms with Gasteiger partial charge in [0.1, 0.15) is 0 Å². The molecule has 0 radical (unpaired) electrons. The van der Waals surface area contributed by atoms with E-state index >= 15 is 0 Å². The highest BCUT2D eigenvalue weighted by Crippen LogP contribution is 2.61. The van der Waals surface area contributed by atoms with Crippen LogP contribution < -0.4 is 0 Å². The van der Waals surface area contributed by atoms with E-state index in [0.717, 1.165) is 39.4 Å². The predicted molar refractivity (Wildman–Crippen MR) is 110 cm³/mol. The molecule has 23 heavy (non-hydrogen) atoms. The molecule has 9 atom stereocenters. The highest BCUT2D eigenvalue weighted by molar-refractivity contribution is 14.1. The molecular weight excluding hydrogens is 415 g/mol. The second-order valence-electron chi connectivity index (χ2n) is 8.92. The van der Waals surface area contributed by atoms with Crippen LogP contribution >= 0.6 is 35.2 Å². The molecule has 3 fully saturated rings. The molecule has 9 unspecified atom stereocenters. The molecule has 0 aromatic carbocycles. The largest absolute Gasteiger partial charge is 0.396 e. The van der Waals surface area contributed by atoms with Crippen molar-refractivity contribution in [1.82, 2.24) is 0 Å². The molecule has 0 aromatic heterocycles. The molecule has 3 heteroatoms. The summed E-state index contributed by atoms with van der Waals surface area (Å²) in [4.78, 5) is 0. The average molecular weight is 450 g/mol. The van der Waals surface area contributed by atoms with E-state index < -0.39 is 0 Å². The van der Waals surface area contributed by atoms with Crippen molar-refractivity contribution in [2.75, 3.05) is 6.61 Å². The molecule has 3 aliphatic rings. The van der Waals surface area contributed by atoms with E-state index in [2.05, 4.69) is 43.4 Å². The Morgan fingerprint density at radius 3 is 2.43 bits per heavy atom. The van der Waals surface area contributed by atoms with E-state index in [4.69, 9.17) is 12.6 Å². The van der Waals surface area contributed by atoms with Gasteiger partial charge in [-0.1, -0.05) is 43.4 Å². The maximum absolute atomic E-state index is 9.41. The Morgan fingerprint density at radius 2 is 1.83 bits per heavy atom. The first kappa shape index (κ1) is 18.8. The molecule has 0 saturated heterocycles. The van der Waals surface area contributed by atoms with Gasteiger partial charge in [0, 0.05) is 15.3 Å². The first-order valence-corrected chi connectivity index (χ1v) is 11.6. The quantitative estimate of drug-likeness (QED) is 0.318. The van der Waals surface area contributed by atoms with Crippen LogP contribution in [0.4, 0.5) is 0 Å². The van der Waals surface area contributed by atoms with Crippen molar-refractivity contribution >= 4 is 35.2 Å². The zero-order valence-corrected chi connectivity index (χ0v) is 18.1. The van der Waals surface area contributed by atoms with Gasteiger partial charge in [-0.15, -0.1) is 0 Å². The molecule has 0 aliphatic heterocycles. The van der Waals surface area contributed by atoms with Crippen LogP contribution in [0.25, 0.3) is 0 Å². The Hall–Kier alpha value is 1.04. The van der Waals surface area contributed by atoms with Crippen molar-refractivity contribution in [3.63, 3.8) is 0 Å². The first-order valence-electron chi connectivity index (χ1n) is 9.89. The highest BCUT2D eigenvalue weighted by atomic mass is 127. The fourth-order valence-electron chi connectivity index (χ4n) is 6.27. The van der Waals surface area contributed by atoms with Crippen LogP contribution in [0, 0.1) is 41.4 Å². The summed E-state index contributed by atoms with van der Waals surface area (Å²) in [6.45, 7) is 7.66. The minimum atomic E-state index is 0.296. The normalized spacial score (nSPS) is 51.7. The summed E-state index contributed by atoms with van der Waals surface area (Å²) in [6.07, 6.45) is 9.43. The Kier molecular flexibility index (Phi) is 6.01.